The Labute approximate surface area is 437 Å². The van der Waals surface area contributed by atoms with Crippen molar-refractivity contribution in [2.24, 2.45) is 0 Å². The molecule has 0 aliphatic rings. The first-order valence-electron chi connectivity index (χ1n) is 32.0. The predicted molar refractivity (Wildman–Crippen MR) is 303 cm³/mol. The topological polar surface area (TPSA) is 26.3 Å². The molecule has 410 valence electrons. The summed E-state index contributed by atoms with van der Waals surface area (Å²) in [6, 6.07) is 0. The van der Waals surface area contributed by atoms with Crippen molar-refractivity contribution in [1.82, 2.24) is 0 Å². The number of quaternary nitrogens is 1. The maximum Gasteiger partial charge on any atom is 0.158 e. The number of carbonyl (C=O) groups excluding carboxylic acids is 1. The Kier molecular flexibility index (Phi) is 62.9. The van der Waals surface area contributed by atoms with Crippen LogP contribution in [0, 0.1) is 0 Å². The van der Waals surface area contributed by atoms with Gasteiger partial charge in [0.05, 0.1) is 33.3 Å². The van der Waals surface area contributed by atoms with Gasteiger partial charge in [-0.2, -0.15) is 0 Å². The lowest BCUT2D eigenvalue weighted by Gasteiger charge is -2.35. The van der Waals surface area contributed by atoms with E-state index < -0.39 is 0 Å². The highest BCUT2D eigenvalue weighted by atomic mass is 35.5. The van der Waals surface area contributed by atoms with Crippen LogP contribution >= 0.6 is 0 Å². The lowest BCUT2D eigenvalue weighted by molar-refractivity contribution is -0.910. The zero-order valence-electron chi connectivity index (χ0n) is 47.9. The normalized spacial score (nSPS) is 12.5. The second-order valence-electron chi connectivity index (χ2n) is 22.8. The maximum absolute atomic E-state index is 12.5. The molecular weight excluding hydrogens is 850 g/mol. The average molecular weight is 981 g/mol. The number of nitrogens with zero attached hydrogens (tertiary/aromatic N) is 1. The van der Waals surface area contributed by atoms with E-state index in [1.165, 1.54) is 352 Å². The fraction of sp³-hybridized carbons (Fsp3) is 0.984. The molecule has 0 saturated carbocycles. The Morgan fingerprint density at radius 2 is 0.471 bits per heavy atom. The molecule has 0 bridgehead atoms. The summed E-state index contributed by atoms with van der Waals surface area (Å²) in [5, 5.41) is 0. The summed E-state index contributed by atoms with van der Waals surface area (Å²) in [4.78, 5) is 12.5. The first kappa shape index (κ1) is 70.0. The number of unbranched alkanes of at least 4 members (excludes halogenated alkanes) is 49. The minimum absolute atomic E-state index is 0. The van der Waals surface area contributed by atoms with Gasteiger partial charge in [0.25, 0.3) is 0 Å². The smallest absolute Gasteiger partial charge is 0.158 e. The Bertz CT molecular complexity index is 912. The molecular formula is C64H130ClNO2. The lowest BCUT2D eigenvalue weighted by atomic mass is 10.0. The van der Waals surface area contributed by atoms with Crippen LogP contribution in [0.1, 0.15) is 367 Å². The maximum atomic E-state index is 12.5. The summed E-state index contributed by atoms with van der Waals surface area (Å²) in [6.07, 6.45) is 75.8. The second kappa shape index (κ2) is 61.2. The largest absolute Gasteiger partial charge is 1.00 e. The van der Waals surface area contributed by atoms with Crippen LogP contribution in [0.5, 0.6) is 0 Å². The van der Waals surface area contributed by atoms with Crippen molar-refractivity contribution in [3.63, 3.8) is 0 Å². The van der Waals surface area contributed by atoms with Gasteiger partial charge >= 0.3 is 0 Å². The van der Waals surface area contributed by atoms with Crippen LogP contribution in [-0.4, -0.2) is 50.2 Å². The molecule has 0 aliphatic heterocycles. The van der Waals surface area contributed by atoms with Gasteiger partial charge in [-0.3, -0.25) is 4.79 Å². The number of ketones is 1. The van der Waals surface area contributed by atoms with Crippen molar-refractivity contribution in [2.45, 2.75) is 367 Å². The van der Waals surface area contributed by atoms with Crippen molar-refractivity contribution in [2.75, 3.05) is 39.9 Å². The van der Waals surface area contributed by atoms with Gasteiger partial charge in [0, 0.05) is 12.8 Å². The monoisotopic (exact) mass is 980 g/mol. The Hall–Kier alpha value is -0.120. The van der Waals surface area contributed by atoms with Crippen molar-refractivity contribution >= 4 is 5.78 Å². The summed E-state index contributed by atoms with van der Waals surface area (Å²) < 4.78 is 7.16. The highest BCUT2D eigenvalue weighted by Gasteiger charge is 2.20. The lowest BCUT2D eigenvalue weighted by Crippen LogP contribution is -3.00. The van der Waals surface area contributed by atoms with Gasteiger partial charge in [-0.1, -0.05) is 323 Å². The van der Waals surface area contributed by atoms with E-state index in [4.69, 9.17) is 4.74 Å². The fourth-order valence-corrected chi connectivity index (χ4v) is 10.8. The second-order valence-corrected chi connectivity index (χ2v) is 22.8. The van der Waals surface area contributed by atoms with Gasteiger partial charge < -0.3 is 21.6 Å². The van der Waals surface area contributed by atoms with Crippen LogP contribution in [-0.2, 0) is 9.53 Å². The van der Waals surface area contributed by atoms with E-state index in [0.717, 1.165) is 19.4 Å². The average Bonchev–Trinajstić information content (AvgIpc) is 3.33. The third kappa shape index (κ3) is 58.5. The summed E-state index contributed by atoms with van der Waals surface area (Å²) in [7, 11) is 2.52. The number of hydrogen-bond donors (Lipinski definition) is 0. The highest BCUT2D eigenvalue weighted by molar-refractivity contribution is 5.79. The number of Topliss-reactive ketones (excluding diaryl/α,β-unsaturated/α-hetero) is 1. The van der Waals surface area contributed by atoms with Crippen LogP contribution in [0.4, 0.5) is 0 Å². The number of carbonyl (C=O) groups is 1. The molecule has 0 aliphatic carbocycles. The standard InChI is InChI=1S/C64H130NO2.ClH/c1-5-8-11-14-17-20-22-24-26-28-29-30-31-32-33-34-35-36-37-38-39-41-43-45-47-50-53-56-60-65(4,59-55-52-49-19-16-13-10-7-3)61-57-62-67-63-64(66)58-54-51-48-46-44-42-40-27-25-23-21-18-15-12-9-6-2;/h5-63H2,1-4H3;1H/q+1;/p-1. The summed E-state index contributed by atoms with van der Waals surface area (Å²) in [6.45, 7) is 11.8. The molecule has 3 nitrogen and oxygen atoms in total. The van der Waals surface area contributed by atoms with Crippen LogP contribution in [0.3, 0.4) is 0 Å². The van der Waals surface area contributed by atoms with E-state index in [1.54, 1.807) is 0 Å². The molecule has 0 amide bonds. The molecule has 0 rings (SSSR count). The van der Waals surface area contributed by atoms with E-state index >= 15 is 0 Å². The number of rotatable bonds is 61. The molecule has 1 unspecified atom stereocenters. The Balaban J connectivity index is 0. The number of ether oxygens (including phenoxy) is 1. The first-order valence-corrected chi connectivity index (χ1v) is 32.0. The van der Waals surface area contributed by atoms with Crippen LogP contribution < -0.4 is 12.4 Å². The molecule has 0 aromatic carbocycles. The summed E-state index contributed by atoms with van der Waals surface area (Å²) in [5.74, 6) is 0.317. The molecule has 0 fully saturated rings. The number of hydrogen-bond acceptors (Lipinski definition) is 2. The summed E-state index contributed by atoms with van der Waals surface area (Å²) in [5.41, 5.74) is 0. The number of halogens is 1. The zero-order chi connectivity index (χ0) is 48.5. The summed E-state index contributed by atoms with van der Waals surface area (Å²) >= 11 is 0. The Morgan fingerprint density at radius 3 is 0.706 bits per heavy atom. The Morgan fingerprint density at radius 1 is 0.279 bits per heavy atom. The van der Waals surface area contributed by atoms with E-state index in [0.29, 0.717) is 18.8 Å². The molecule has 0 aromatic rings. The van der Waals surface area contributed by atoms with Crippen LogP contribution in [0.25, 0.3) is 0 Å². The van der Waals surface area contributed by atoms with Gasteiger partial charge in [0.2, 0.25) is 0 Å². The van der Waals surface area contributed by atoms with Gasteiger partial charge in [-0.05, 0) is 32.1 Å². The van der Waals surface area contributed by atoms with Crippen LogP contribution in [0.15, 0.2) is 0 Å². The van der Waals surface area contributed by atoms with Gasteiger partial charge in [-0.15, -0.1) is 0 Å². The molecule has 1 atom stereocenters. The van der Waals surface area contributed by atoms with Crippen molar-refractivity contribution in [3.05, 3.63) is 0 Å². The van der Waals surface area contributed by atoms with Crippen LogP contribution in [0.2, 0.25) is 0 Å². The van der Waals surface area contributed by atoms with Gasteiger partial charge in [-0.25, -0.2) is 0 Å². The van der Waals surface area contributed by atoms with E-state index in [2.05, 4.69) is 27.8 Å². The third-order valence-corrected chi connectivity index (χ3v) is 15.7. The minimum Gasteiger partial charge on any atom is -1.00 e. The zero-order valence-corrected chi connectivity index (χ0v) is 48.6. The first-order chi connectivity index (χ1) is 33.1. The molecule has 0 N–H and O–H groups in total. The molecule has 0 aromatic heterocycles. The SMILES string of the molecule is CCCCCCCCCCCCCCCCCCCCCCCCCCCCCC[N+](C)(CCCCCCCCCC)CCCOCC(=O)CCCCCCCCCCCCCCCCCC.[Cl-]. The van der Waals surface area contributed by atoms with E-state index in [-0.39, 0.29) is 12.4 Å². The minimum atomic E-state index is 0. The molecule has 0 heterocycles. The van der Waals surface area contributed by atoms with Gasteiger partial charge in [0.1, 0.15) is 6.61 Å². The highest BCUT2D eigenvalue weighted by Crippen LogP contribution is 2.19. The molecule has 4 heteroatoms. The van der Waals surface area contributed by atoms with Crippen molar-refractivity contribution in [3.8, 4) is 0 Å². The predicted octanol–water partition coefficient (Wildman–Crippen LogP) is 19.1. The van der Waals surface area contributed by atoms with E-state index in [1.807, 2.05) is 0 Å². The van der Waals surface area contributed by atoms with Gasteiger partial charge in [0.15, 0.2) is 5.78 Å². The molecule has 0 spiro atoms. The third-order valence-electron chi connectivity index (χ3n) is 15.7. The molecule has 0 radical (unpaired) electrons. The van der Waals surface area contributed by atoms with Crippen molar-refractivity contribution in [1.29, 1.82) is 0 Å². The fourth-order valence-electron chi connectivity index (χ4n) is 10.8. The molecule has 0 saturated heterocycles. The quantitative estimate of drug-likeness (QED) is 0.0448. The van der Waals surface area contributed by atoms with Crippen molar-refractivity contribution < 1.29 is 26.4 Å². The molecule has 68 heavy (non-hydrogen) atoms. The van der Waals surface area contributed by atoms with E-state index in [9.17, 15) is 4.79 Å².